The molecule has 1 saturated carbocycles. The molecule has 0 spiro atoms. The molecule has 1 atom stereocenters. The predicted octanol–water partition coefficient (Wildman–Crippen LogP) is 4.05. The van der Waals surface area contributed by atoms with E-state index in [9.17, 15) is 0 Å². The molecule has 0 aromatic rings. The third-order valence-corrected chi connectivity index (χ3v) is 4.27. The van der Waals surface area contributed by atoms with Gasteiger partial charge in [-0.3, -0.25) is 0 Å². The van der Waals surface area contributed by atoms with Crippen LogP contribution in [0.25, 0.3) is 0 Å². The molecular formula is C15H27N. The van der Waals surface area contributed by atoms with Gasteiger partial charge in [0.2, 0.25) is 0 Å². The maximum Gasteiger partial charge on any atom is 0.0281 e. The zero-order valence-electron chi connectivity index (χ0n) is 10.8. The Morgan fingerprint density at radius 2 is 2.06 bits per heavy atom. The van der Waals surface area contributed by atoms with E-state index in [2.05, 4.69) is 18.3 Å². The Bertz CT molecular complexity index is 226. The van der Waals surface area contributed by atoms with Crippen LogP contribution in [0.15, 0.2) is 11.6 Å². The van der Waals surface area contributed by atoms with Crippen molar-refractivity contribution < 1.29 is 0 Å². The first kappa shape index (κ1) is 12.2. The van der Waals surface area contributed by atoms with E-state index in [0.717, 1.165) is 12.5 Å². The lowest BCUT2D eigenvalue weighted by atomic mass is 9.87. The fourth-order valence-electron chi connectivity index (χ4n) is 3.37. The SMILES string of the molecule is CCNC(CC1CCCC1)C1=CCCCC1. The number of likely N-dealkylation sites (N-methyl/N-ethyl adjacent to an activating group) is 1. The van der Waals surface area contributed by atoms with E-state index >= 15 is 0 Å². The van der Waals surface area contributed by atoms with Gasteiger partial charge in [0.05, 0.1) is 0 Å². The number of nitrogens with one attached hydrogen (secondary N) is 1. The van der Waals surface area contributed by atoms with E-state index in [-0.39, 0.29) is 0 Å². The Balaban J connectivity index is 1.89. The Kier molecular flexibility index (Phi) is 4.90. The van der Waals surface area contributed by atoms with E-state index in [1.807, 2.05) is 0 Å². The molecule has 0 aromatic heterocycles. The lowest BCUT2D eigenvalue weighted by Crippen LogP contribution is -2.33. The zero-order valence-corrected chi connectivity index (χ0v) is 10.8. The lowest BCUT2D eigenvalue weighted by molar-refractivity contribution is 0.411. The van der Waals surface area contributed by atoms with E-state index < -0.39 is 0 Å². The minimum atomic E-state index is 0.702. The maximum absolute atomic E-state index is 3.71. The van der Waals surface area contributed by atoms with Gasteiger partial charge < -0.3 is 5.32 Å². The van der Waals surface area contributed by atoms with Gasteiger partial charge in [0.1, 0.15) is 0 Å². The van der Waals surface area contributed by atoms with Gasteiger partial charge in [-0.25, -0.2) is 0 Å². The molecule has 16 heavy (non-hydrogen) atoms. The quantitative estimate of drug-likeness (QED) is 0.691. The van der Waals surface area contributed by atoms with Crippen molar-refractivity contribution in [3.05, 3.63) is 11.6 Å². The van der Waals surface area contributed by atoms with Crippen molar-refractivity contribution in [3.8, 4) is 0 Å². The molecule has 0 heterocycles. The van der Waals surface area contributed by atoms with Crippen LogP contribution >= 0.6 is 0 Å². The van der Waals surface area contributed by atoms with Crippen molar-refractivity contribution in [2.75, 3.05) is 6.54 Å². The average molecular weight is 221 g/mol. The number of rotatable bonds is 5. The minimum absolute atomic E-state index is 0.702. The summed E-state index contributed by atoms with van der Waals surface area (Å²) in [5.74, 6) is 1.01. The number of hydrogen-bond donors (Lipinski definition) is 1. The van der Waals surface area contributed by atoms with Crippen LogP contribution in [-0.2, 0) is 0 Å². The highest BCUT2D eigenvalue weighted by atomic mass is 14.9. The summed E-state index contributed by atoms with van der Waals surface area (Å²) in [5, 5.41) is 3.71. The third-order valence-electron chi connectivity index (χ3n) is 4.27. The second kappa shape index (κ2) is 6.44. The molecule has 2 aliphatic carbocycles. The van der Waals surface area contributed by atoms with Crippen LogP contribution in [0.3, 0.4) is 0 Å². The monoisotopic (exact) mass is 221 g/mol. The van der Waals surface area contributed by atoms with Crippen LogP contribution in [0.1, 0.15) is 64.7 Å². The smallest absolute Gasteiger partial charge is 0.0281 e. The highest BCUT2D eigenvalue weighted by Gasteiger charge is 2.22. The predicted molar refractivity (Wildman–Crippen MR) is 70.6 cm³/mol. The van der Waals surface area contributed by atoms with Crippen LogP contribution in [0.5, 0.6) is 0 Å². The summed E-state index contributed by atoms with van der Waals surface area (Å²) in [6, 6.07) is 0.702. The molecule has 0 bridgehead atoms. The van der Waals surface area contributed by atoms with Gasteiger partial charge in [0.25, 0.3) is 0 Å². The zero-order chi connectivity index (χ0) is 11.2. The molecular weight excluding hydrogens is 194 g/mol. The minimum Gasteiger partial charge on any atom is -0.311 e. The molecule has 0 aliphatic heterocycles. The van der Waals surface area contributed by atoms with E-state index in [0.29, 0.717) is 6.04 Å². The van der Waals surface area contributed by atoms with Crippen molar-refractivity contribution in [3.63, 3.8) is 0 Å². The first-order valence-electron chi connectivity index (χ1n) is 7.32. The molecule has 2 aliphatic rings. The van der Waals surface area contributed by atoms with Gasteiger partial charge in [0, 0.05) is 6.04 Å². The highest BCUT2D eigenvalue weighted by molar-refractivity contribution is 5.13. The number of hydrogen-bond acceptors (Lipinski definition) is 1. The molecule has 2 rings (SSSR count). The second-order valence-electron chi connectivity index (χ2n) is 5.52. The van der Waals surface area contributed by atoms with Crippen LogP contribution in [-0.4, -0.2) is 12.6 Å². The summed E-state index contributed by atoms with van der Waals surface area (Å²) in [5.41, 5.74) is 1.72. The van der Waals surface area contributed by atoms with Gasteiger partial charge in [-0.1, -0.05) is 44.3 Å². The summed E-state index contributed by atoms with van der Waals surface area (Å²) in [6.45, 7) is 3.36. The summed E-state index contributed by atoms with van der Waals surface area (Å²) in [7, 11) is 0. The number of allylic oxidation sites excluding steroid dienone is 1. The van der Waals surface area contributed by atoms with Gasteiger partial charge in [-0.05, 0) is 44.6 Å². The largest absolute Gasteiger partial charge is 0.311 e. The topological polar surface area (TPSA) is 12.0 Å². The molecule has 0 saturated heterocycles. The van der Waals surface area contributed by atoms with Gasteiger partial charge in [0.15, 0.2) is 0 Å². The highest BCUT2D eigenvalue weighted by Crippen LogP contribution is 2.32. The Hall–Kier alpha value is -0.300. The Labute approximate surface area is 101 Å². The normalized spacial score (nSPS) is 24.4. The second-order valence-corrected chi connectivity index (χ2v) is 5.52. The van der Waals surface area contributed by atoms with Crippen molar-refractivity contribution in [1.82, 2.24) is 5.32 Å². The molecule has 1 nitrogen and oxygen atoms in total. The van der Waals surface area contributed by atoms with Crippen molar-refractivity contribution in [2.45, 2.75) is 70.8 Å². The van der Waals surface area contributed by atoms with E-state index in [1.165, 1.54) is 57.8 Å². The molecule has 0 aromatic carbocycles. The summed E-state index contributed by atoms with van der Waals surface area (Å²) < 4.78 is 0. The van der Waals surface area contributed by atoms with Crippen LogP contribution in [0.4, 0.5) is 0 Å². The van der Waals surface area contributed by atoms with Crippen molar-refractivity contribution >= 4 is 0 Å². The van der Waals surface area contributed by atoms with Crippen LogP contribution < -0.4 is 5.32 Å². The fraction of sp³-hybridized carbons (Fsp3) is 0.867. The average Bonchev–Trinajstić information content (AvgIpc) is 2.83. The Morgan fingerprint density at radius 1 is 1.25 bits per heavy atom. The first-order valence-corrected chi connectivity index (χ1v) is 7.32. The first-order chi connectivity index (χ1) is 7.90. The molecule has 0 amide bonds. The molecule has 92 valence electrons. The molecule has 1 heteroatoms. The molecule has 0 radical (unpaired) electrons. The fourth-order valence-corrected chi connectivity index (χ4v) is 3.37. The third kappa shape index (κ3) is 3.35. The summed E-state index contributed by atoms with van der Waals surface area (Å²) in [4.78, 5) is 0. The Morgan fingerprint density at radius 3 is 2.69 bits per heavy atom. The standard InChI is InChI=1S/C15H27N/c1-2-16-15(12-13-8-6-7-9-13)14-10-4-3-5-11-14/h10,13,15-16H,2-9,11-12H2,1H3. The summed E-state index contributed by atoms with van der Waals surface area (Å²) >= 11 is 0. The summed E-state index contributed by atoms with van der Waals surface area (Å²) in [6.07, 6.45) is 15.3. The van der Waals surface area contributed by atoms with Gasteiger partial charge in [-0.15, -0.1) is 0 Å². The van der Waals surface area contributed by atoms with Crippen LogP contribution in [0, 0.1) is 5.92 Å². The van der Waals surface area contributed by atoms with E-state index in [4.69, 9.17) is 0 Å². The lowest BCUT2D eigenvalue weighted by Gasteiger charge is -2.26. The molecule has 1 fully saturated rings. The maximum atomic E-state index is 3.71. The van der Waals surface area contributed by atoms with Crippen LogP contribution in [0.2, 0.25) is 0 Å². The van der Waals surface area contributed by atoms with Gasteiger partial charge in [-0.2, -0.15) is 0 Å². The molecule has 1 N–H and O–H groups in total. The van der Waals surface area contributed by atoms with E-state index in [1.54, 1.807) is 5.57 Å². The molecule has 1 unspecified atom stereocenters. The van der Waals surface area contributed by atoms with Crippen molar-refractivity contribution in [1.29, 1.82) is 0 Å². The van der Waals surface area contributed by atoms with Gasteiger partial charge >= 0.3 is 0 Å². The van der Waals surface area contributed by atoms with Crippen molar-refractivity contribution in [2.24, 2.45) is 5.92 Å².